The Morgan fingerprint density at radius 1 is 0.712 bits per heavy atom. The zero-order valence-corrected chi connectivity index (χ0v) is 43.7. The van der Waals surface area contributed by atoms with Gasteiger partial charge in [0, 0.05) is 42.0 Å². The summed E-state index contributed by atoms with van der Waals surface area (Å²) < 4.78 is 53.4. The zero-order valence-electron chi connectivity index (χ0n) is 42.7. The van der Waals surface area contributed by atoms with E-state index in [4.69, 9.17) is 33.3 Å². The number of rotatable bonds is 23. The summed E-state index contributed by atoms with van der Waals surface area (Å²) in [6, 6.07) is 41.1. The van der Waals surface area contributed by atoms with Gasteiger partial charge in [0.15, 0.2) is 6.10 Å². The lowest BCUT2D eigenvalue weighted by Crippen LogP contribution is -2.52. The molecule has 5 atom stereocenters. The zero-order chi connectivity index (χ0) is 52.3. The Kier molecular flexibility index (Phi) is 18.0. The van der Waals surface area contributed by atoms with Gasteiger partial charge < -0.3 is 38.6 Å². The minimum atomic E-state index is -2.09. The lowest BCUT2D eigenvalue weighted by atomic mass is 9.80. The summed E-state index contributed by atoms with van der Waals surface area (Å²) >= 11 is 0. The number of hydrogen-bond acceptors (Lipinski definition) is 13. The number of benzene rings is 5. The largest absolute Gasteiger partial charge is 0.497 e. The summed E-state index contributed by atoms with van der Waals surface area (Å²) in [5.74, 6) is 1.13. The maximum atomic E-state index is 14.5. The maximum Gasteiger partial charge on any atom is 0.387 e. The van der Waals surface area contributed by atoms with Crippen LogP contribution in [0.1, 0.15) is 78.9 Å². The van der Waals surface area contributed by atoms with Crippen molar-refractivity contribution in [3.63, 3.8) is 0 Å². The van der Waals surface area contributed by atoms with Crippen molar-refractivity contribution in [1.29, 1.82) is 0 Å². The van der Waals surface area contributed by atoms with Gasteiger partial charge in [-0.1, -0.05) is 77.4 Å². The van der Waals surface area contributed by atoms with Gasteiger partial charge in [-0.3, -0.25) is 14.4 Å². The average molecular weight is 1020 g/mol. The van der Waals surface area contributed by atoms with Gasteiger partial charge in [-0.15, -0.1) is 0 Å². The second kappa shape index (κ2) is 24.3. The van der Waals surface area contributed by atoms with Crippen LogP contribution in [0.2, 0.25) is 0 Å². The Bertz CT molecular complexity index is 2760. The molecule has 0 aliphatic carbocycles. The summed E-state index contributed by atoms with van der Waals surface area (Å²) in [7, 11) is 3.37. The fraction of sp³-hybridized carbons (Fsp3) is 0.357. The average Bonchev–Trinajstić information content (AvgIpc) is 3.71. The Labute approximate surface area is 428 Å². The van der Waals surface area contributed by atoms with Crippen LogP contribution in [0, 0.1) is 0 Å². The molecular weight excluding hydrogens is 950 g/mol. The van der Waals surface area contributed by atoms with Crippen molar-refractivity contribution in [2.24, 2.45) is 0 Å². The van der Waals surface area contributed by atoms with Crippen molar-refractivity contribution in [1.82, 2.24) is 19.5 Å². The van der Waals surface area contributed by atoms with E-state index < -0.39 is 49.4 Å². The molecule has 6 aromatic rings. The van der Waals surface area contributed by atoms with E-state index in [1.165, 1.54) is 12.3 Å². The lowest BCUT2D eigenvalue weighted by Gasteiger charge is -2.38. The molecule has 73 heavy (non-hydrogen) atoms. The highest BCUT2D eigenvalue weighted by atomic mass is 31.1. The van der Waals surface area contributed by atoms with Crippen LogP contribution < -0.4 is 25.2 Å². The second-order valence-electron chi connectivity index (χ2n) is 18.3. The number of carbonyl (C=O) groups excluding carboxylic acids is 2. The summed E-state index contributed by atoms with van der Waals surface area (Å²) in [5.41, 5.74) is -1.21. The van der Waals surface area contributed by atoms with Gasteiger partial charge in [-0.05, 0) is 125 Å². The third-order valence-electron chi connectivity index (χ3n) is 12.7. The van der Waals surface area contributed by atoms with Crippen molar-refractivity contribution < 1.29 is 47.4 Å². The SMILES string of the molecule is COc1ccc(C(=O)N(CCO[C@@H]2[C@H](ON(C(C)C)C(C)C)[C@@H](COC(c3ccccc3)(c3ccc(OC)cc3)c3ccc(OC)cc3)O[C@@]2([PH+]=O)n2ccc(NC(=O)c3ccccc3)nc2=O)C(C)C)cc1. The van der Waals surface area contributed by atoms with Crippen molar-refractivity contribution in [3.8, 4) is 17.2 Å². The first-order valence-electron chi connectivity index (χ1n) is 24.2. The van der Waals surface area contributed by atoms with E-state index in [0.717, 1.165) is 21.3 Å². The van der Waals surface area contributed by atoms with Crippen LogP contribution in [-0.2, 0) is 34.7 Å². The van der Waals surface area contributed by atoms with Crippen molar-refractivity contribution >= 4 is 26.1 Å². The predicted molar refractivity (Wildman–Crippen MR) is 279 cm³/mol. The Balaban J connectivity index is 1.35. The highest BCUT2D eigenvalue weighted by Crippen LogP contribution is 2.48. The molecule has 1 aromatic heterocycles. The van der Waals surface area contributed by atoms with Crippen LogP contribution in [0.25, 0.3) is 0 Å². The van der Waals surface area contributed by atoms with Crippen molar-refractivity contribution in [2.45, 2.75) is 89.0 Å². The molecule has 0 radical (unpaired) electrons. The second-order valence-corrected chi connectivity index (χ2v) is 19.2. The minimum absolute atomic E-state index is 0.0373. The van der Waals surface area contributed by atoms with E-state index in [2.05, 4.69) is 10.3 Å². The van der Waals surface area contributed by atoms with Crippen LogP contribution in [0.4, 0.5) is 5.82 Å². The first kappa shape index (κ1) is 54.0. The number of ether oxygens (including phenoxy) is 6. The summed E-state index contributed by atoms with van der Waals surface area (Å²) in [6.45, 7) is 11.5. The topological polar surface area (TPSA) is 169 Å². The monoisotopic (exact) mass is 1010 g/mol. The van der Waals surface area contributed by atoms with E-state index in [-0.39, 0.29) is 49.6 Å². The van der Waals surface area contributed by atoms with E-state index in [1.54, 1.807) is 85.9 Å². The van der Waals surface area contributed by atoms with Crippen LogP contribution in [0.5, 0.6) is 17.2 Å². The standard InChI is InChI=1S/C56H64N5O11P/c1-37(2)59(53(63)41-20-26-45(66-7)27-21-41)34-35-69-51-50(72-61(38(3)4)39(5)6)48(71-56(51,73-65)60-33-32-49(58-54(60)64)57-52(62)40-16-12-10-13-17-40)36-70-55(42-18-14-11-15-19-42,43-22-28-46(67-8)29-23-43)44-24-30-47(68-9)31-25-44/h10-33,37-39,48,50-51H,34-36H2,1-9H3,(H,57,58,62,64)/p+1/t48-,50-,51-,56+/m1/s1. The van der Waals surface area contributed by atoms with Crippen molar-refractivity contribution in [3.05, 3.63) is 184 Å². The molecule has 0 spiro atoms. The van der Waals surface area contributed by atoms with Crippen LogP contribution in [-0.4, -0.2) is 109 Å². The number of hydroxylamine groups is 2. The number of amides is 2. The first-order valence-corrected chi connectivity index (χ1v) is 25.1. The van der Waals surface area contributed by atoms with E-state index in [1.807, 2.05) is 120 Å². The van der Waals surface area contributed by atoms with Crippen LogP contribution in [0.15, 0.2) is 151 Å². The molecule has 1 saturated heterocycles. The summed E-state index contributed by atoms with van der Waals surface area (Å²) in [4.78, 5) is 54.8. The van der Waals surface area contributed by atoms with Gasteiger partial charge in [0.2, 0.25) is 0 Å². The molecule has 2 heterocycles. The molecule has 1 aliphatic rings. The quantitative estimate of drug-likeness (QED) is 0.0367. The predicted octanol–water partition coefficient (Wildman–Crippen LogP) is 8.92. The van der Waals surface area contributed by atoms with Gasteiger partial charge in [-0.25, -0.2) is 9.36 Å². The van der Waals surface area contributed by atoms with E-state index in [0.29, 0.717) is 28.4 Å². The number of hydrogen-bond donors (Lipinski definition) is 1. The molecule has 0 bridgehead atoms. The molecule has 16 nitrogen and oxygen atoms in total. The summed E-state index contributed by atoms with van der Waals surface area (Å²) in [6.07, 6.45) is -2.14. The third-order valence-corrected chi connectivity index (χ3v) is 13.7. The molecule has 0 saturated carbocycles. The van der Waals surface area contributed by atoms with E-state index in [9.17, 15) is 18.9 Å². The molecule has 1 unspecified atom stereocenters. The number of nitrogens with one attached hydrogen (secondary N) is 1. The van der Waals surface area contributed by atoms with Crippen LogP contribution >= 0.6 is 8.46 Å². The molecule has 384 valence electrons. The fourth-order valence-corrected chi connectivity index (χ4v) is 9.94. The smallest absolute Gasteiger partial charge is 0.387 e. The molecule has 17 heteroatoms. The number of aromatic nitrogens is 2. The van der Waals surface area contributed by atoms with E-state index >= 15 is 0 Å². The Hall–Kier alpha value is -6.78. The van der Waals surface area contributed by atoms with Crippen molar-refractivity contribution in [2.75, 3.05) is 46.4 Å². The van der Waals surface area contributed by atoms with Gasteiger partial charge in [0.25, 0.3) is 11.8 Å². The van der Waals surface area contributed by atoms with Gasteiger partial charge in [-0.2, -0.15) is 10.0 Å². The maximum absolute atomic E-state index is 14.5. The molecular formula is C56H65N5O11P+. The number of carbonyl (C=O) groups is 2. The van der Waals surface area contributed by atoms with Crippen LogP contribution in [0.3, 0.4) is 0 Å². The highest BCUT2D eigenvalue weighted by molar-refractivity contribution is 7.24. The lowest BCUT2D eigenvalue weighted by molar-refractivity contribution is -0.262. The number of methoxy groups -OCH3 is 3. The number of anilines is 1. The molecule has 1 N–H and O–H groups in total. The first-order chi connectivity index (χ1) is 35.2. The molecule has 1 aliphatic heterocycles. The molecule has 7 rings (SSSR count). The van der Waals surface area contributed by atoms with Gasteiger partial charge >= 0.3 is 19.6 Å². The normalized spacial score (nSPS) is 17.8. The number of nitrogens with zero attached hydrogens (tertiary/aromatic N) is 4. The molecule has 5 aromatic carbocycles. The Morgan fingerprint density at radius 2 is 1.23 bits per heavy atom. The van der Waals surface area contributed by atoms with Gasteiger partial charge in [0.1, 0.15) is 40.9 Å². The Morgan fingerprint density at radius 3 is 1.73 bits per heavy atom. The highest BCUT2D eigenvalue weighted by Gasteiger charge is 2.66. The third kappa shape index (κ3) is 11.9. The fourth-order valence-electron chi connectivity index (χ4n) is 9.10. The van der Waals surface area contributed by atoms with Gasteiger partial charge in [0.05, 0.1) is 34.5 Å². The molecule has 1 fully saturated rings. The summed E-state index contributed by atoms with van der Waals surface area (Å²) in [5, 5.41) is 4.49. The minimum Gasteiger partial charge on any atom is -0.497 e. The molecule has 2 amide bonds.